The highest BCUT2D eigenvalue weighted by Gasteiger charge is 2.44. The van der Waals surface area contributed by atoms with Gasteiger partial charge in [0.25, 0.3) is 5.91 Å². The number of rotatable bonds is 5. The molecule has 0 unspecified atom stereocenters. The van der Waals surface area contributed by atoms with Gasteiger partial charge in [-0.2, -0.15) is 0 Å². The number of benzene rings is 2. The number of hydrogen-bond donors (Lipinski definition) is 1. The fourth-order valence-corrected chi connectivity index (χ4v) is 5.54. The van der Waals surface area contributed by atoms with Gasteiger partial charge >= 0.3 is 6.03 Å². The molecule has 0 radical (unpaired) electrons. The summed E-state index contributed by atoms with van der Waals surface area (Å²) in [7, 11) is 1.64. The molecule has 1 N–H and O–H groups in total. The van der Waals surface area contributed by atoms with Gasteiger partial charge in [0.2, 0.25) is 5.91 Å². The number of piperidine rings is 1. The summed E-state index contributed by atoms with van der Waals surface area (Å²) >= 11 is 6.39. The van der Waals surface area contributed by atoms with Crippen LogP contribution in [-0.2, 0) is 16.0 Å². The van der Waals surface area contributed by atoms with Gasteiger partial charge in [-0.15, -0.1) is 0 Å². The Hall–Kier alpha value is -3.32. The normalized spacial score (nSPS) is 20.9. The predicted octanol–water partition coefficient (Wildman–Crippen LogP) is 3.61. The minimum Gasteiger partial charge on any atom is -0.341 e. The van der Waals surface area contributed by atoms with E-state index in [1.54, 1.807) is 18.0 Å². The van der Waals surface area contributed by atoms with E-state index < -0.39 is 6.04 Å². The zero-order chi connectivity index (χ0) is 24.5. The standard InChI is InChI=1S/C27H29ClN4O3/c1-30-22-16-32(26(34)24(22)25(29-27(30)35)20-9-5-6-10-21(20)28)17-23(33)31-13-11-19(12-14-31)15-18-7-3-2-4-8-18/h2-10,19,25H,11-17H2,1H3,(H,29,35)/t25-/m0/s1. The quantitative estimate of drug-likeness (QED) is 0.693. The van der Waals surface area contributed by atoms with Gasteiger partial charge in [-0.1, -0.05) is 60.1 Å². The van der Waals surface area contributed by atoms with Crippen molar-refractivity contribution in [1.82, 2.24) is 20.0 Å². The molecular formula is C27H29ClN4O3. The van der Waals surface area contributed by atoms with Crippen molar-refractivity contribution in [3.63, 3.8) is 0 Å². The van der Waals surface area contributed by atoms with E-state index in [9.17, 15) is 14.4 Å². The molecule has 2 aromatic rings. The van der Waals surface area contributed by atoms with Crippen LogP contribution in [0.5, 0.6) is 0 Å². The van der Waals surface area contributed by atoms with E-state index in [2.05, 4.69) is 29.6 Å². The van der Waals surface area contributed by atoms with Gasteiger partial charge in [-0.25, -0.2) is 4.79 Å². The second kappa shape index (κ2) is 9.74. The number of carbonyl (C=O) groups is 3. The lowest BCUT2D eigenvalue weighted by Gasteiger charge is -2.33. The van der Waals surface area contributed by atoms with E-state index in [0.717, 1.165) is 19.3 Å². The van der Waals surface area contributed by atoms with Crippen LogP contribution in [0.1, 0.15) is 30.0 Å². The van der Waals surface area contributed by atoms with E-state index in [1.807, 2.05) is 29.2 Å². The second-order valence-corrected chi connectivity index (χ2v) is 9.91. The second-order valence-electron chi connectivity index (χ2n) is 9.50. The van der Waals surface area contributed by atoms with Gasteiger partial charge in [0.1, 0.15) is 6.54 Å². The Morgan fingerprint density at radius 1 is 1.03 bits per heavy atom. The van der Waals surface area contributed by atoms with Crippen molar-refractivity contribution in [2.75, 3.05) is 33.2 Å². The zero-order valence-corrected chi connectivity index (χ0v) is 20.5. The Morgan fingerprint density at radius 2 is 1.71 bits per heavy atom. The van der Waals surface area contributed by atoms with Crippen LogP contribution in [0.15, 0.2) is 65.9 Å². The van der Waals surface area contributed by atoms with Crippen molar-refractivity contribution in [2.24, 2.45) is 5.92 Å². The SMILES string of the molecule is CN1C(=O)N[C@@H](c2ccccc2Cl)C2=C1CN(CC(=O)N1CCC(Cc3ccccc3)CC1)C2=O. The van der Waals surface area contributed by atoms with Crippen LogP contribution in [0.25, 0.3) is 0 Å². The largest absolute Gasteiger partial charge is 0.341 e. The van der Waals surface area contributed by atoms with Crippen LogP contribution in [0.3, 0.4) is 0 Å². The molecule has 5 rings (SSSR count). The van der Waals surface area contributed by atoms with Crippen LogP contribution in [0, 0.1) is 5.92 Å². The third kappa shape index (κ3) is 4.65. The first-order valence-corrected chi connectivity index (χ1v) is 12.4. The van der Waals surface area contributed by atoms with E-state index in [-0.39, 0.29) is 30.9 Å². The molecule has 8 heteroatoms. The average molecular weight is 493 g/mol. The van der Waals surface area contributed by atoms with E-state index in [1.165, 1.54) is 10.5 Å². The van der Waals surface area contributed by atoms with Crippen molar-refractivity contribution < 1.29 is 14.4 Å². The van der Waals surface area contributed by atoms with Crippen LogP contribution < -0.4 is 5.32 Å². The minimum absolute atomic E-state index is 0.00641. The van der Waals surface area contributed by atoms with Gasteiger partial charge in [0.15, 0.2) is 0 Å². The third-order valence-corrected chi connectivity index (χ3v) is 7.66. The van der Waals surface area contributed by atoms with E-state index in [4.69, 9.17) is 11.6 Å². The van der Waals surface area contributed by atoms with E-state index in [0.29, 0.717) is 40.9 Å². The molecule has 0 spiro atoms. The lowest BCUT2D eigenvalue weighted by Crippen LogP contribution is -2.45. The topological polar surface area (TPSA) is 73.0 Å². The maximum Gasteiger partial charge on any atom is 0.322 e. The maximum atomic E-state index is 13.4. The number of amides is 4. The number of carbonyl (C=O) groups excluding carboxylic acids is 3. The minimum atomic E-state index is -0.635. The van der Waals surface area contributed by atoms with E-state index >= 15 is 0 Å². The summed E-state index contributed by atoms with van der Waals surface area (Å²) in [6.45, 7) is 1.64. The predicted molar refractivity (Wildman–Crippen MR) is 134 cm³/mol. The monoisotopic (exact) mass is 492 g/mol. The molecule has 0 bridgehead atoms. The lowest BCUT2D eigenvalue weighted by molar-refractivity contribution is -0.138. The van der Waals surface area contributed by atoms with Gasteiger partial charge in [0.05, 0.1) is 23.9 Å². The highest BCUT2D eigenvalue weighted by atomic mass is 35.5. The Bertz CT molecular complexity index is 1170. The summed E-state index contributed by atoms with van der Waals surface area (Å²) in [6, 6.07) is 16.7. The first-order chi connectivity index (χ1) is 16.9. The Kier molecular flexibility index (Phi) is 6.52. The Labute approximate surface area is 210 Å². The first kappa shape index (κ1) is 23.4. The molecule has 0 aliphatic carbocycles. The van der Waals surface area contributed by atoms with Gasteiger partial charge < -0.3 is 15.1 Å². The molecule has 0 aromatic heterocycles. The first-order valence-electron chi connectivity index (χ1n) is 12.0. The Balaban J connectivity index is 1.24. The summed E-state index contributed by atoms with van der Waals surface area (Å²) in [5.41, 5.74) is 3.11. The molecule has 7 nitrogen and oxygen atoms in total. The molecule has 0 saturated carbocycles. The summed E-state index contributed by atoms with van der Waals surface area (Å²) in [5.74, 6) is 0.280. The van der Waals surface area contributed by atoms with Crippen LogP contribution in [-0.4, -0.2) is 65.8 Å². The summed E-state index contributed by atoms with van der Waals surface area (Å²) in [4.78, 5) is 44.0. The van der Waals surface area contributed by atoms with Gasteiger partial charge in [-0.05, 0) is 42.4 Å². The number of nitrogens with one attached hydrogen (secondary N) is 1. The zero-order valence-electron chi connectivity index (χ0n) is 19.7. The van der Waals surface area contributed by atoms with Crippen LogP contribution in [0.4, 0.5) is 4.79 Å². The smallest absolute Gasteiger partial charge is 0.322 e. The van der Waals surface area contributed by atoms with Crippen molar-refractivity contribution >= 4 is 29.4 Å². The fourth-order valence-electron chi connectivity index (χ4n) is 5.29. The molecule has 3 aliphatic heterocycles. The lowest BCUT2D eigenvalue weighted by atomic mass is 9.90. The maximum absolute atomic E-state index is 13.4. The number of nitrogens with zero attached hydrogens (tertiary/aromatic N) is 3. The number of likely N-dealkylation sites (N-methyl/N-ethyl adjacent to an activating group) is 1. The van der Waals surface area contributed by atoms with Crippen LogP contribution in [0.2, 0.25) is 5.02 Å². The summed E-state index contributed by atoms with van der Waals surface area (Å²) in [6.07, 6.45) is 2.94. The molecule has 1 fully saturated rings. The highest BCUT2D eigenvalue weighted by Crippen LogP contribution is 2.38. The molecule has 1 saturated heterocycles. The number of likely N-dealkylation sites (tertiary alicyclic amines) is 1. The summed E-state index contributed by atoms with van der Waals surface area (Å²) < 4.78 is 0. The Morgan fingerprint density at radius 3 is 2.43 bits per heavy atom. The van der Waals surface area contributed by atoms with Gasteiger partial charge in [-0.3, -0.25) is 14.5 Å². The van der Waals surface area contributed by atoms with Crippen LogP contribution >= 0.6 is 11.6 Å². The highest BCUT2D eigenvalue weighted by molar-refractivity contribution is 6.31. The fraction of sp³-hybridized carbons (Fsp3) is 0.370. The van der Waals surface area contributed by atoms with Crippen molar-refractivity contribution in [2.45, 2.75) is 25.3 Å². The molecule has 182 valence electrons. The average Bonchev–Trinajstić information content (AvgIpc) is 3.19. The van der Waals surface area contributed by atoms with Crippen molar-refractivity contribution in [3.8, 4) is 0 Å². The number of halogens is 1. The van der Waals surface area contributed by atoms with Crippen molar-refractivity contribution in [1.29, 1.82) is 0 Å². The molecule has 4 amide bonds. The van der Waals surface area contributed by atoms with Crippen molar-refractivity contribution in [3.05, 3.63) is 82.0 Å². The molecular weight excluding hydrogens is 464 g/mol. The molecule has 1 atom stereocenters. The molecule has 3 heterocycles. The van der Waals surface area contributed by atoms with Gasteiger partial charge in [0, 0.05) is 25.2 Å². The molecule has 3 aliphatic rings. The molecule has 2 aromatic carbocycles. The third-order valence-electron chi connectivity index (χ3n) is 7.31. The summed E-state index contributed by atoms with van der Waals surface area (Å²) in [5, 5.41) is 3.37. The molecule has 35 heavy (non-hydrogen) atoms. The number of urea groups is 1. The number of hydrogen-bond acceptors (Lipinski definition) is 3.